The lowest BCUT2D eigenvalue weighted by Gasteiger charge is -2.39. The third-order valence-electron chi connectivity index (χ3n) is 4.09. The molecule has 2 heterocycles. The molecule has 0 radical (unpaired) electrons. The molecule has 1 aromatic heterocycles. The highest BCUT2D eigenvalue weighted by atomic mass is 15.2. The van der Waals surface area contributed by atoms with E-state index in [0.717, 1.165) is 31.4 Å². The molecule has 1 aromatic rings. The summed E-state index contributed by atoms with van der Waals surface area (Å²) in [5.41, 5.74) is 0. The van der Waals surface area contributed by atoms with Gasteiger partial charge in [0.2, 0.25) is 0 Å². The van der Waals surface area contributed by atoms with Crippen LogP contribution in [-0.2, 0) is 6.54 Å². The maximum atomic E-state index is 4.29. The van der Waals surface area contributed by atoms with Crippen molar-refractivity contribution >= 4 is 0 Å². The lowest BCUT2D eigenvalue weighted by Crippen LogP contribution is -2.56. The highest BCUT2D eigenvalue weighted by molar-refractivity contribution is 4.90. The lowest BCUT2D eigenvalue weighted by atomic mass is 10.0. The van der Waals surface area contributed by atoms with Crippen LogP contribution < -0.4 is 5.32 Å². The van der Waals surface area contributed by atoms with Crippen LogP contribution in [-0.4, -0.2) is 46.2 Å². The minimum Gasteiger partial charge on any atom is -0.334 e. The number of nitrogens with one attached hydrogen (secondary N) is 1. The summed E-state index contributed by atoms with van der Waals surface area (Å²) in [5, 5.41) is 3.67. The highest BCUT2D eigenvalue weighted by Crippen LogP contribution is 2.13. The van der Waals surface area contributed by atoms with E-state index in [-0.39, 0.29) is 0 Å². The van der Waals surface area contributed by atoms with Crippen molar-refractivity contribution in [2.45, 2.75) is 52.7 Å². The second-order valence-corrected chi connectivity index (χ2v) is 6.25. The molecule has 1 saturated heterocycles. The molecule has 0 spiro atoms. The zero-order chi connectivity index (χ0) is 13.8. The van der Waals surface area contributed by atoms with Crippen molar-refractivity contribution in [3.63, 3.8) is 0 Å². The predicted molar refractivity (Wildman–Crippen MR) is 79.2 cm³/mol. The lowest BCUT2D eigenvalue weighted by molar-refractivity contribution is 0.127. The summed E-state index contributed by atoms with van der Waals surface area (Å²) in [6.45, 7) is 13.5. The topological polar surface area (TPSA) is 33.1 Å². The monoisotopic (exact) mass is 264 g/mol. The molecule has 0 saturated carbocycles. The molecule has 108 valence electrons. The maximum Gasteiger partial charge on any atom is 0.105 e. The zero-order valence-corrected chi connectivity index (χ0v) is 12.8. The standard InChI is InChI=1S/C15H28N4/c1-12(2)9-15-11-19(13(3)10-17-15)8-7-18-6-5-16-14(18)4/h5-6,12-13,15,17H,7-11H2,1-4H3. The van der Waals surface area contributed by atoms with Gasteiger partial charge in [-0.05, 0) is 26.2 Å². The second-order valence-electron chi connectivity index (χ2n) is 6.25. The van der Waals surface area contributed by atoms with Gasteiger partial charge in [0.15, 0.2) is 0 Å². The fourth-order valence-corrected chi connectivity index (χ4v) is 2.91. The van der Waals surface area contributed by atoms with E-state index in [1.165, 1.54) is 13.0 Å². The first kappa shape index (κ1) is 14.5. The Bertz CT molecular complexity index is 385. The van der Waals surface area contributed by atoms with Gasteiger partial charge in [-0.25, -0.2) is 4.98 Å². The summed E-state index contributed by atoms with van der Waals surface area (Å²) in [6.07, 6.45) is 5.24. The quantitative estimate of drug-likeness (QED) is 0.882. The van der Waals surface area contributed by atoms with Crippen molar-refractivity contribution in [3.8, 4) is 0 Å². The Morgan fingerprint density at radius 2 is 2.21 bits per heavy atom. The Hall–Kier alpha value is -0.870. The minimum absolute atomic E-state index is 0.632. The van der Waals surface area contributed by atoms with Crippen molar-refractivity contribution in [3.05, 3.63) is 18.2 Å². The molecule has 4 heteroatoms. The average Bonchev–Trinajstić information content (AvgIpc) is 2.75. The Labute approximate surface area is 117 Å². The van der Waals surface area contributed by atoms with E-state index >= 15 is 0 Å². The van der Waals surface area contributed by atoms with Crippen LogP contribution in [0.3, 0.4) is 0 Å². The molecule has 4 nitrogen and oxygen atoms in total. The van der Waals surface area contributed by atoms with Crippen LogP contribution in [0.4, 0.5) is 0 Å². The number of rotatable bonds is 5. The molecule has 19 heavy (non-hydrogen) atoms. The molecule has 1 fully saturated rings. The van der Waals surface area contributed by atoms with Gasteiger partial charge in [0.05, 0.1) is 0 Å². The van der Waals surface area contributed by atoms with Crippen molar-refractivity contribution in [1.82, 2.24) is 19.8 Å². The summed E-state index contributed by atoms with van der Waals surface area (Å²) in [7, 11) is 0. The van der Waals surface area contributed by atoms with E-state index in [0.29, 0.717) is 12.1 Å². The van der Waals surface area contributed by atoms with E-state index in [1.807, 2.05) is 6.20 Å². The second kappa shape index (κ2) is 6.53. The van der Waals surface area contributed by atoms with Gasteiger partial charge in [0, 0.05) is 50.7 Å². The molecule has 2 unspecified atom stereocenters. The third-order valence-corrected chi connectivity index (χ3v) is 4.09. The molecule has 2 rings (SSSR count). The van der Waals surface area contributed by atoms with Gasteiger partial charge in [0.25, 0.3) is 0 Å². The number of aromatic nitrogens is 2. The smallest absolute Gasteiger partial charge is 0.105 e. The number of piperazine rings is 1. The van der Waals surface area contributed by atoms with Crippen molar-refractivity contribution < 1.29 is 0 Å². The summed E-state index contributed by atoms with van der Waals surface area (Å²) in [6, 6.07) is 1.28. The molecule has 0 amide bonds. The number of imidazole rings is 1. The Kier molecular flexibility index (Phi) is 4.99. The van der Waals surface area contributed by atoms with E-state index in [2.05, 4.69) is 53.7 Å². The molecule has 1 N–H and O–H groups in total. The van der Waals surface area contributed by atoms with E-state index in [4.69, 9.17) is 0 Å². The molecule has 2 atom stereocenters. The number of aryl methyl sites for hydroxylation is 1. The van der Waals surface area contributed by atoms with Crippen LogP contribution in [0.2, 0.25) is 0 Å². The first-order chi connectivity index (χ1) is 9.06. The first-order valence-corrected chi connectivity index (χ1v) is 7.51. The van der Waals surface area contributed by atoms with Gasteiger partial charge in [-0.3, -0.25) is 4.90 Å². The van der Waals surface area contributed by atoms with Gasteiger partial charge < -0.3 is 9.88 Å². The fraction of sp³-hybridized carbons (Fsp3) is 0.800. The van der Waals surface area contributed by atoms with Crippen molar-refractivity contribution in [2.24, 2.45) is 5.92 Å². The summed E-state index contributed by atoms with van der Waals surface area (Å²) < 4.78 is 2.24. The van der Waals surface area contributed by atoms with Crippen LogP contribution in [0.5, 0.6) is 0 Å². The van der Waals surface area contributed by atoms with Crippen LogP contribution in [0.1, 0.15) is 33.0 Å². The third kappa shape index (κ3) is 4.05. The largest absolute Gasteiger partial charge is 0.334 e. The highest BCUT2D eigenvalue weighted by Gasteiger charge is 2.24. The van der Waals surface area contributed by atoms with Crippen LogP contribution in [0.25, 0.3) is 0 Å². The normalized spacial score (nSPS) is 25.1. The number of hydrogen-bond donors (Lipinski definition) is 1. The Morgan fingerprint density at radius 3 is 2.84 bits per heavy atom. The fourth-order valence-electron chi connectivity index (χ4n) is 2.91. The summed E-state index contributed by atoms with van der Waals surface area (Å²) in [5.74, 6) is 1.88. The molecular formula is C15H28N4. The average molecular weight is 264 g/mol. The van der Waals surface area contributed by atoms with Gasteiger partial charge in [-0.1, -0.05) is 13.8 Å². The zero-order valence-electron chi connectivity index (χ0n) is 12.8. The van der Waals surface area contributed by atoms with Crippen molar-refractivity contribution in [1.29, 1.82) is 0 Å². The molecule has 0 aromatic carbocycles. The van der Waals surface area contributed by atoms with Crippen molar-refractivity contribution in [2.75, 3.05) is 19.6 Å². The van der Waals surface area contributed by atoms with Gasteiger partial charge in [-0.2, -0.15) is 0 Å². The Balaban J connectivity index is 1.85. The van der Waals surface area contributed by atoms with E-state index < -0.39 is 0 Å². The minimum atomic E-state index is 0.632. The van der Waals surface area contributed by atoms with Crippen LogP contribution in [0.15, 0.2) is 12.4 Å². The predicted octanol–water partition coefficient (Wildman–Crippen LogP) is 1.90. The number of hydrogen-bond acceptors (Lipinski definition) is 3. The van der Waals surface area contributed by atoms with E-state index in [1.54, 1.807) is 0 Å². The maximum absolute atomic E-state index is 4.29. The summed E-state index contributed by atoms with van der Waals surface area (Å²) in [4.78, 5) is 6.90. The molecular weight excluding hydrogens is 236 g/mol. The summed E-state index contributed by atoms with van der Waals surface area (Å²) >= 11 is 0. The van der Waals surface area contributed by atoms with Crippen LogP contribution >= 0.6 is 0 Å². The number of nitrogens with zero attached hydrogens (tertiary/aromatic N) is 3. The van der Waals surface area contributed by atoms with E-state index in [9.17, 15) is 0 Å². The van der Waals surface area contributed by atoms with Crippen LogP contribution in [0, 0.1) is 12.8 Å². The molecule has 1 aliphatic rings. The van der Waals surface area contributed by atoms with Gasteiger partial charge in [-0.15, -0.1) is 0 Å². The Morgan fingerprint density at radius 1 is 1.42 bits per heavy atom. The molecule has 0 bridgehead atoms. The molecule has 1 aliphatic heterocycles. The van der Waals surface area contributed by atoms with Gasteiger partial charge >= 0.3 is 0 Å². The molecule has 0 aliphatic carbocycles. The van der Waals surface area contributed by atoms with Gasteiger partial charge in [0.1, 0.15) is 5.82 Å². The first-order valence-electron chi connectivity index (χ1n) is 7.51. The SMILES string of the molecule is Cc1nccn1CCN1CC(CC(C)C)NCC1C.